The maximum atomic E-state index is 9.10. The van der Waals surface area contributed by atoms with E-state index in [4.69, 9.17) is 5.11 Å². The first-order valence-electron chi connectivity index (χ1n) is 2.71. The molecule has 0 saturated carbocycles. The number of rotatable bonds is 0. The first-order chi connectivity index (χ1) is 4.88. The van der Waals surface area contributed by atoms with E-state index in [1.807, 2.05) is 0 Å². The van der Waals surface area contributed by atoms with Crippen molar-refractivity contribution in [3.63, 3.8) is 0 Å². The third-order valence-corrected chi connectivity index (χ3v) is 1.19. The van der Waals surface area contributed by atoms with Gasteiger partial charge in [-0.25, -0.2) is 9.38 Å². The Morgan fingerprint density at radius 1 is 1.50 bits per heavy atom. The molecule has 10 heavy (non-hydrogen) atoms. The van der Waals surface area contributed by atoms with Crippen molar-refractivity contribution >= 4 is 5.78 Å². The fraction of sp³-hybridized carbons (Fsp3) is 0. The highest BCUT2D eigenvalue weighted by Crippen LogP contribution is 2.05. The number of aromatic nitrogens is 4. The monoisotopic (exact) mass is 136 g/mol. The average Bonchev–Trinajstić information content (AvgIpc) is 2.36. The molecular formula is C5H4N4O. The third kappa shape index (κ3) is 0.540. The second-order valence-electron chi connectivity index (χ2n) is 1.80. The van der Waals surface area contributed by atoms with Gasteiger partial charge in [0, 0.05) is 12.3 Å². The SMILES string of the molecule is Oc1ccnc2nncn12. The van der Waals surface area contributed by atoms with Crippen molar-refractivity contribution in [1.82, 2.24) is 19.6 Å². The highest BCUT2D eigenvalue weighted by molar-refractivity contribution is 5.29. The molecule has 0 saturated heterocycles. The summed E-state index contributed by atoms with van der Waals surface area (Å²) in [6.07, 6.45) is 2.87. The maximum absolute atomic E-state index is 9.10. The van der Waals surface area contributed by atoms with Crippen molar-refractivity contribution in [1.29, 1.82) is 0 Å². The maximum Gasteiger partial charge on any atom is 0.257 e. The van der Waals surface area contributed by atoms with Gasteiger partial charge in [0.25, 0.3) is 5.78 Å². The summed E-state index contributed by atoms with van der Waals surface area (Å²) >= 11 is 0. The Labute approximate surface area is 56.0 Å². The molecule has 0 amide bonds. The lowest BCUT2D eigenvalue weighted by Crippen LogP contribution is -1.85. The van der Waals surface area contributed by atoms with E-state index >= 15 is 0 Å². The summed E-state index contributed by atoms with van der Waals surface area (Å²) in [4.78, 5) is 3.83. The van der Waals surface area contributed by atoms with Gasteiger partial charge in [0.05, 0.1) is 0 Å². The van der Waals surface area contributed by atoms with E-state index in [2.05, 4.69) is 15.2 Å². The van der Waals surface area contributed by atoms with E-state index in [1.54, 1.807) is 0 Å². The zero-order chi connectivity index (χ0) is 6.97. The smallest absolute Gasteiger partial charge is 0.257 e. The summed E-state index contributed by atoms with van der Waals surface area (Å²) in [6, 6.07) is 1.47. The number of aromatic hydroxyl groups is 1. The number of hydrogen-bond acceptors (Lipinski definition) is 4. The zero-order valence-electron chi connectivity index (χ0n) is 4.97. The summed E-state index contributed by atoms with van der Waals surface area (Å²) in [7, 11) is 0. The van der Waals surface area contributed by atoms with Gasteiger partial charge < -0.3 is 5.11 Å². The molecule has 5 heteroatoms. The van der Waals surface area contributed by atoms with Gasteiger partial charge in [-0.1, -0.05) is 0 Å². The van der Waals surface area contributed by atoms with Crippen LogP contribution in [0.25, 0.3) is 5.78 Å². The lowest BCUT2D eigenvalue weighted by Gasteiger charge is -1.91. The number of hydrogen-bond donors (Lipinski definition) is 1. The summed E-state index contributed by atoms with van der Waals surface area (Å²) in [6.45, 7) is 0. The van der Waals surface area contributed by atoms with Crippen LogP contribution in [0.4, 0.5) is 0 Å². The van der Waals surface area contributed by atoms with Crippen LogP contribution in [0.5, 0.6) is 5.88 Å². The molecule has 0 aliphatic heterocycles. The van der Waals surface area contributed by atoms with Gasteiger partial charge >= 0.3 is 0 Å². The molecule has 1 N–H and O–H groups in total. The Morgan fingerprint density at radius 3 is 3.20 bits per heavy atom. The number of nitrogens with zero attached hydrogens (tertiary/aromatic N) is 4. The quantitative estimate of drug-likeness (QED) is 0.546. The molecule has 0 radical (unpaired) electrons. The summed E-state index contributed by atoms with van der Waals surface area (Å²) < 4.78 is 1.39. The molecular weight excluding hydrogens is 132 g/mol. The molecule has 2 aromatic rings. The molecule has 0 atom stereocenters. The van der Waals surface area contributed by atoms with Gasteiger partial charge in [-0.3, -0.25) is 0 Å². The minimum atomic E-state index is 0.0926. The van der Waals surface area contributed by atoms with E-state index in [0.29, 0.717) is 5.78 Å². The highest BCUT2D eigenvalue weighted by Gasteiger charge is 1.97. The molecule has 0 aromatic carbocycles. The van der Waals surface area contributed by atoms with Crippen LogP contribution in [0.3, 0.4) is 0 Å². The van der Waals surface area contributed by atoms with E-state index in [9.17, 15) is 0 Å². The van der Waals surface area contributed by atoms with Crippen LogP contribution in [-0.2, 0) is 0 Å². The molecule has 0 aliphatic rings. The second-order valence-corrected chi connectivity index (χ2v) is 1.80. The molecule has 0 unspecified atom stereocenters. The van der Waals surface area contributed by atoms with E-state index in [0.717, 1.165) is 0 Å². The fourth-order valence-electron chi connectivity index (χ4n) is 0.729. The lowest BCUT2D eigenvalue weighted by atomic mass is 10.6. The van der Waals surface area contributed by atoms with Gasteiger partial charge in [0.1, 0.15) is 6.33 Å². The first kappa shape index (κ1) is 5.16. The topological polar surface area (TPSA) is 63.3 Å². The van der Waals surface area contributed by atoms with E-state index < -0.39 is 0 Å². The van der Waals surface area contributed by atoms with Crippen LogP contribution in [0, 0.1) is 0 Å². The van der Waals surface area contributed by atoms with Crippen molar-refractivity contribution in [2.45, 2.75) is 0 Å². The van der Waals surface area contributed by atoms with Crippen molar-refractivity contribution in [2.75, 3.05) is 0 Å². The fourth-order valence-corrected chi connectivity index (χ4v) is 0.729. The van der Waals surface area contributed by atoms with E-state index in [-0.39, 0.29) is 5.88 Å². The molecule has 2 heterocycles. The van der Waals surface area contributed by atoms with Crippen molar-refractivity contribution < 1.29 is 5.11 Å². The van der Waals surface area contributed by atoms with Gasteiger partial charge in [-0.15, -0.1) is 10.2 Å². The van der Waals surface area contributed by atoms with Crippen molar-refractivity contribution in [3.05, 3.63) is 18.6 Å². The first-order valence-corrected chi connectivity index (χ1v) is 2.71. The standard InChI is InChI=1S/C5H4N4O/c10-4-1-2-6-5-8-7-3-9(4)5/h1-3,10H. The van der Waals surface area contributed by atoms with E-state index in [1.165, 1.54) is 23.0 Å². The Balaban J connectivity index is 2.95. The van der Waals surface area contributed by atoms with Crippen molar-refractivity contribution in [2.24, 2.45) is 0 Å². The highest BCUT2D eigenvalue weighted by atomic mass is 16.3. The Morgan fingerprint density at radius 2 is 2.40 bits per heavy atom. The van der Waals surface area contributed by atoms with Crippen LogP contribution >= 0.6 is 0 Å². The van der Waals surface area contributed by atoms with Gasteiger partial charge in [0.2, 0.25) is 5.88 Å². The minimum absolute atomic E-state index is 0.0926. The Kier molecular flexibility index (Phi) is 0.858. The summed E-state index contributed by atoms with van der Waals surface area (Å²) in [5, 5.41) is 16.3. The molecule has 0 spiro atoms. The normalized spacial score (nSPS) is 10.4. The van der Waals surface area contributed by atoms with Crippen LogP contribution in [0.2, 0.25) is 0 Å². The lowest BCUT2D eigenvalue weighted by molar-refractivity contribution is 0.444. The van der Waals surface area contributed by atoms with Crippen LogP contribution in [0.15, 0.2) is 18.6 Å². The third-order valence-electron chi connectivity index (χ3n) is 1.19. The van der Waals surface area contributed by atoms with Crippen molar-refractivity contribution in [3.8, 4) is 5.88 Å². The zero-order valence-corrected chi connectivity index (χ0v) is 4.97. The molecule has 2 aromatic heterocycles. The van der Waals surface area contributed by atoms with Crippen LogP contribution in [-0.4, -0.2) is 24.7 Å². The molecule has 50 valence electrons. The number of fused-ring (bicyclic) bond motifs is 1. The summed E-state index contributed by atoms with van der Waals surface area (Å²) in [5.41, 5.74) is 0. The predicted molar refractivity (Wildman–Crippen MR) is 32.4 cm³/mol. The molecule has 0 bridgehead atoms. The van der Waals surface area contributed by atoms with Gasteiger partial charge in [-0.2, -0.15) is 0 Å². The average molecular weight is 136 g/mol. The van der Waals surface area contributed by atoms with Gasteiger partial charge in [-0.05, 0) is 0 Å². The molecule has 0 fully saturated rings. The second kappa shape index (κ2) is 1.66. The summed E-state index contributed by atoms with van der Waals surface area (Å²) in [5.74, 6) is 0.495. The minimum Gasteiger partial charge on any atom is -0.494 e. The van der Waals surface area contributed by atoms with Crippen LogP contribution < -0.4 is 0 Å². The molecule has 5 nitrogen and oxygen atoms in total. The predicted octanol–water partition coefficient (Wildman–Crippen LogP) is -0.170. The molecule has 2 rings (SSSR count). The Hall–Kier alpha value is -1.65. The largest absolute Gasteiger partial charge is 0.494 e. The van der Waals surface area contributed by atoms with Crippen LogP contribution in [0.1, 0.15) is 0 Å². The van der Waals surface area contributed by atoms with Gasteiger partial charge in [0.15, 0.2) is 0 Å². The Bertz CT molecular complexity index is 355. The molecule has 0 aliphatic carbocycles.